The van der Waals surface area contributed by atoms with E-state index in [9.17, 15) is 4.79 Å². The Morgan fingerprint density at radius 3 is 2.53 bits per heavy atom. The Morgan fingerprint density at radius 2 is 1.88 bits per heavy atom. The molecule has 0 saturated carbocycles. The minimum absolute atomic E-state index is 0.0253. The first-order chi connectivity index (χ1) is 16.5. The Labute approximate surface area is 199 Å². The average molecular weight is 463 g/mol. The second kappa shape index (κ2) is 10.5. The lowest BCUT2D eigenvalue weighted by atomic mass is 10.0. The molecule has 1 unspecified atom stereocenters. The summed E-state index contributed by atoms with van der Waals surface area (Å²) in [6.07, 6.45) is 2.37. The summed E-state index contributed by atoms with van der Waals surface area (Å²) in [6, 6.07) is 13.3. The zero-order chi connectivity index (χ0) is 24.1. The molecule has 34 heavy (non-hydrogen) atoms. The van der Waals surface area contributed by atoms with Crippen molar-refractivity contribution in [3.63, 3.8) is 0 Å². The number of piperazine rings is 1. The fourth-order valence-corrected chi connectivity index (χ4v) is 4.23. The number of carbonyl (C=O) groups is 1. The molecule has 1 fully saturated rings. The maximum atomic E-state index is 13.3. The number of ether oxygens (including phenoxy) is 2. The first kappa shape index (κ1) is 23.5. The minimum Gasteiger partial charge on any atom is -0.493 e. The lowest BCUT2D eigenvalue weighted by Crippen LogP contribution is -2.49. The van der Waals surface area contributed by atoms with E-state index in [0.29, 0.717) is 61.4 Å². The molecular weight excluding hydrogens is 432 g/mol. The summed E-state index contributed by atoms with van der Waals surface area (Å²) in [7, 11) is 3.17. The van der Waals surface area contributed by atoms with E-state index < -0.39 is 0 Å². The molecule has 3 aromatic rings. The quantitative estimate of drug-likeness (QED) is 0.468. The Balaban J connectivity index is 1.43. The van der Waals surface area contributed by atoms with Crippen LogP contribution in [0.25, 0.3) is 11.4 Å². The first-order valence-electron chi connectivity index (χ1n) is 11.3. The standard InChI is InChI=1S/C26H30N4O4/c1-5-9-20-16-21(17-22(32-3)23(20)33-4)26(31)30-14-12-29(13-15-30)18(2)25-27-24(28-34-25)19-10-7-6-8-11-19/h5-8,10-11,16-18H,1,9,12-15H2,2-4H3. The van der Waals surface area contributed by atoms with Crippen molar-refractivity contribution in [2.24, 2.45) is 0 Å². The summed E-state index contributed by atoms with van der Waals surface area (Å²) in [5.74, 6) is 2.31. The number of rotatable bonds is 8. The van der Waals surface area contributed by atoms with Crippen molar-refractivity contribution in [1.82, 2.24) is 19.9 Å². The van der Waals surface area contributed by atoms with Crippen molar-refractivity contribution in [2.45, 2.75) is 19.4 Å². The molecule has 1 aliphatic heterocycles. The average Bonchev–Trinajstić information content (AvgIpc) is 3.38. The summed E-state index contributed by atoms with van der Waals surface area (Å²) >= 11 is 0. The smallest absolute Gasteiger partial charge is 0.254 e. The highest BCUT2D eigenvalue weighted by molar-refractivity contribution is 5.95. The van der Waals surface area contributed by atoms with Crippen LogP contribution in [0.4, 0.5) is 0 Å². The normalized spacial score (nSPS) is 15.1. The van der Waals surface area contributed by atoms with Gasteiger partial charge in [0.15, 0.2) is 11.5 Å². The zero-order valence-corrected chi connectivity index (χ0v) is 19.9. The van der Waals surface area contributed by atoms with Crippen LogP contribution in [-0.2, 0) is 6.42 Å². The fourth-order valence-electron chi connectivity index (χ4n) is 4.23. The van der Waals surface area contributed by atoms with E-state index in [1.54, 1.807) is 26.4 Å². The number of methoxy groups -OCH3 is 2. The van der Waals surface area contributed by atoms with Crippen LogP contribution in [0, 0.1) is 0 Å². The van der Waals surface area contributed by atoms with Gasteiger partial charge in [-0.05, 0) is 25.5 Å². The molecule has 8 heteroatoms. The van der Waals surface area contributed by atoms with E-state index in [1.165, 1.54) is 0 Å². The van der Waals surface area contributed by atoms with Crippen molar-refractivity contribution >= 4 is 5.91 Å². The Hall–Kier alpha value is -3.65. The summed E-state index contributed by atoms with van der Waals surface area (Å²) in [4.78, 5) is 22.0. The van der Waals surface area contributed by atoms with Crippen molar-refractivity contribution in [3.8, 4) is 22.9 Å². The highest BCUT2D eigenvalue weighted by Gasteiger charge is 2.29. The molecule has 2 heterocycles. The van der Waals surface area contributed by atoms with Crippen LogP contribution >= 0.6 is 0 Å². The lowest BCUT2D eigenvalue weighted by molar-refractivity contribution is 0.0551. The predicted octanol–water partition coefficient (Wildman–Crippen LogP) is 4.00. The minimum atomic E-state index is -0.0394. The number of allylic oxidation sites excluding steroid dienone is 1. The maximum absolute atomic E-state index is 13.3. The van der Waals surface area contributed by atoms with Gasteiger partial charge in [0, 0.05) is 42.9 Å². The molecule has 8 nitrogen and oxygen atoms in total. The monoisotopic (exact) mass is 462 g/mol. The largest absolute Gasteiger partial charge is 0.493 e. The van der Waals surface area contributed by atoms with Gasteiger partial charge >= 0.3 is 0 Å². The first-order valence-corrected chi connectivity index (χ1v) is 11.3. The maximum Gasteiger partial charge on any atom is 0.254 e. The Bertz CT molecular complexity index is 1140. The van der Waals surface area contributed by atoms with Crippen LogP contribution in [0.1, 0.15) is 34.8 Å². The molecule has 0 N–H and O–H groups in total. The van der Waals surface area contributed by atoms with E-state index in [1.807, 2.05) is 41.3 Å². The van der Waals surface area contributed by atoms with Gasteiger partial charge in [-0.3, -0.25) is 9.69 Å². The third-order valence-electron chi connectivity index (χ3n) is 6.15. The van der Waals surface area contributed by atoms with Gasteiger partial charge in [0.1, 0.15) is 0 Å². The molecule has 2 aromatic carbocycles. The number of benzene rings is 2. The molecule has 4 rings (SSSR count). The van der Waals surface area contributed by atoms with Gasteiger partial charge in [-0.25, -0.2) is 0 Å². The number of amides is 1. The van der Waals surface area contributed by atoms with Gasteiger partial charge in [0.05, 0.1) is 20.3 Å². The summed E-state index contributed by atoms with van der Waals surface area (Å²) in [5, 5.41) is 4.13. The summed E-state index contributed by atoms with van der Waals surface area (Å²) in [5.41, 5.74) is 2.38. The molecule has 178 valence electrons. The van der Waals surface area contributed by atoms with Gasteiger partial charge in [-0.15, -0.1) is 6.58 Å². The summed E-state index contributed by atoms with van der Waals surface area (Å²) in [6.45, 7) is 8.49. The molecule has 1 atom stereocenters. The molecule has 0 aliphatic carbocycles. The van der Waals surface area contributed by atoms with E-state index in [2.05, 4.69) is 28.5 Å². The zero-order valence-electron chi connectivity index (χ0n) is 19.9. The topological polar surface area (TPSA) is 80.9 Å². The molecule has 0 spiro atoms. The Kier molecular flexibility index (Phi) is 7.27. The molecule has 1 amide bonds. The number of hydrogen-bond donors (Lipinski definition) is 0. The van der Waals surface area contributed by atoms with Crippen molar-refractivity contribution in [1.29, 1.82) is 0 Å². The van der Waals surface area contributed by atoms with Crippen LogP contribution in [0.5, 0.6) is 11.5 Å². The number of nitrogens with zero attached hydrogens (tertiary/aromatic N) is 4. The molecule has 0 bridgehead atoms. The molecule has 0 radical (unpaired) electrons. The van der Waals surface area contributed by atoms with Crippen LogP contribution in [0.2, 0.25) is 0 Å². The van der Waals surface area contributed by atoms with Crippen LogP contribution in [0.15, 0.2) is 59.6 Å². The second-order valence-electron chi connectivity index (χ2n) is 8.19. The van der Waals surface area contributed by atoms with Crippen molar-refractivity contribution < 1.29 is 18.8 Å². The lowest BCUT2D eigenvalue weighted by Gasteiger charge is -2.37. The van der Waals surface area contributed by atoms with E-state index in [4.69, 9.17) is 14.0 Å². The van der Waals surface area contributed by atoms with Crippen LogP contribution in [0.3, 0.4) is 0 Å². The van der Waals surface area contributed by atoms with Gasteiger partial charge in [0.2, 0.25) is 11.7 Å². The molecule has 1 aliphatic rings. The second-order valence-corrected chi connectivity index (χ2v) is 8.19. The number of aromatic nitrogens is 2. The van der Waals surface area contributed by atoms with Crippen molar-refractivity contribution in [3.05, 3.63) is 72.1 Å². The summed E-state index contributed by atoms with van der Waals surface area (Å²) < 4.78 is 16.5. The third kappa shape index (κ3) is 4.82. The van der Waals surface area contributed by atoms with Crippen molar-refractivity contribution in [2.75, 3.05) is 40.4 Å². The van der Waals surface area contributed by atoms with Crippen LogP contribution < -0.4 is 9.47 Å². The van der Waals surface area contributed by atoms with Crippen LogP contribution in [-0.4, -0.2) is 66.2 Å². The van der Waals surface area contributed by atoms with E-state index in [0.717, 1.165) is 11.1 Å². The van der Waals surface area contributed by atoms with Gasteiger partial charge in [-0.2, -0.15) is 4.98 Å². The van der Waals surface area contributed by atoms with Gasteiger partial charge in [0.25, 0.3) is 5.91 Å². The number of carbonyl (C=O) groups excluding carboxylic acids is 1. The van der Waals surface area contributed by atoms with Gasteiger partial charge < -0.3 is 18.9 Å². The molecule has 1 saturated heterocycles. The number of hydrogen-bond acceptors (Lipinski definition) is 7. The van der Waals surface area contributed by atoms with Gasteiger partial charge in [-0.1, -0.05) is 41.6 Å². The highest BCUT2D eigenvalue weighted by atomic mass is 16.5. The SMILES string of the molecule is C=CCc1cc(C(=O)N2CCN(C(C)c3nc(-c4ccccc4)no3)CC2)cc(OC)c1OC. The fraction of sp³-hybridized carbons (Fsp3) is 0.346. The molecular formula is C26H30N4O4. The van der Waals surface area contributed by atoms with E-state index in [-0.39, 0.29) is 11.9 Å². The third-order valence-corrected chi connectivity index (χ3v) is 6.15. The predicted molar refractivity (Wildman–Crippen MR) is 129 cm³/mol. The van der Waals surface area contributed by atoms with E-state index >= 15 is 0 Å². The highest BCUT2D eigenvalue weighted by Crippen LogP contribution is 2.34. The molecule has 1 aromatic heterocycles. The Morgan fingerprint density at radius 1 is 1.15 bits per heavy atom.